The Hall–Kier alpha value is -1.33. The minimum atomic E-state index is 0.515. The van der Waals surface area contributed by atoms with Crippen LogP contribution in [0.15, 0.2) is 24.3 Å². The fraction of sp³-hybridized carbons (Fsp3) is 0.632. The number of likely N-dealkylation sites (tertiary alicyclic amines) is 1. The number of benzene rings is 1. The largest absolute Gasteiger partial charge is 0.497 e. The van der Waals surface area contributed by atoms with Gasteiger partial charge in [-0.2, -0.15) is 0 Å². The highest BCUT2D eigenvalue weighted by molar-refractivity contribution is 7.80. The van der Waals surface area contributed by atoms with Crippen molar-refractivity contribution in [3.8, 4) is 5.75 Å². The maximum absolute atomic E-state index is 5.40. The maximum atomic E-state index is 5.40. The predicted octanol–water partition coefficient (Wildman–Crippen LogP) is 2.96. The van der Waals surface area contributed by atoms with Gasteiger partial charge in [-0.05, 0) is 69.6 Å². The van der Waals surface area contributed by atoms with E-state index in [0.717, 1.165) is 30.4 Å². The number of thiocarbonyl (C=S) groups is 1. The standard InChI is InChI=1S/C19H31N3OS/c1-15-6-4-5-13-22(15)16(2)14-21-19(24)20-12-11-17-7-9-18(23-3)10-8-17/h7-10,15-16H,4-6,11-14H2,1-3H3,(H2,20,21,24). The Morgan fingerprint density at radius 2 is 2.04 bits per heavy atom. The van der Waals surface area contributed by atoms with E-state index in [1.165, 1.54) is 31.4 Å². The third-order valence-electron chi connectivity index (χ3n) is 4.84. The molecule has 1 fully saturated rings. The second kappa shape index (κ2) is 9.84. The Labute approximate surface area is 152 Å². The number of nitrogens with zero attached hydrogens (tertiary/aromatic N) is 1. The predicted molar refractivity (Wildman–Crippen MR) is 105 cm³/mol. The monoisotopic (exact) mass is 349 g/mol. The Morgan fingerprint density at radius 1 is 1.29 bits per heavy atom. The number of hydrogen-bond donors (Lipinski definition) is 2. The summed E-state index contributed by atoms with van der Waals surface area (Å²) in [5, 5.41) is 7.41. The molecule has 2 rings (SSSR count). The SMILES string of the molecule is COc1ccc(CCNC(=S)NCC(C)N2CCCCC2C)cc1. The number of methoxy groups -OCH3 is 1. The molecular weight excluding hydrogens is 318 g/mol. The zero-order valence-electron chi connectivity index (χ0n) is 15.2. The van der Waals surface area contributed by atoms with E-state index in [0.29, 0.717) is 12.1 Å². The molecule has 0 bridgehead atoms. The molecule has 0 spiro atoms. The van der Waals surface area contributed by atoms with Crippen LogP contribution in [0.25, 0.3) is 0 Å². The minimum Gasteiger partial charge on any atom is -0.497 e. The zero-order chi connectivity index (χ0) is 17.4. The van der Waals surface area contributed by atoms with Gasteiger partial charge >= 0.3 is 0 Å². The molecule has 5 heteroatoms. The lowest BCUT2D eigenvalue weighted by Gasteiger charge is -2.38. The van der Waals surface area contributed by atoms with Crippen LogP contribution in [0.4, 0.5) is 0 Å². The van der Waals surface area contributed by atoms with Crippen LogP contribution in [0.5, 0.6) is 5.75 Å². The van der Waals surface area contributed by atoms with Gasteiger partial charge in [-0.25, -0.2) is 0 Å². The molecule has 2 N–H and O–H groups in total. The molecule has 1 aliphatic heterocycles. The van der Waals surface area contributed by atoms with Crippen molar-refractivity contribution in [2.75, 3.05) is 26.7 Å². The lowest BCUT2D eigenvalue weighted by Crippen LogP contribution is -2.49. The fourth-order valence-electron chi connectivity index (χ4n) is 3.31. The summed E-state index contributed by atoms with van der Waals surface area (Å²) in [7, 11) is 1.69. The van der Waals surface area contributed by atoms with Crippen molar-refractivity contribution in [2.45, 2.75) is 51.6 Å². The minimum absolute atomic E-state index is 0.515. The molecule has 0 saturated carbocycles. The van der Waals surface area contributed by atoms with E-state index in [9.17, 15) is 0 Å². The van der Waals surface area contributed by atoms with Crippen LogP contribution in [0, 0.1) is 0 Å². The average molecular weight is 350 g/mol. The second-order valence-corrected chi connectivity index (χ2v) is 7.07. The van der Waals surface area contributed by atoms with Crippen molar-refractivity contribution in [3.05, 3.63) is 29.8 Å². The summed E-state index contributed by atoms with van der Waals surface area (Å²) < 4.78 is 5.17. The normalized spacial score (nSPS) is 19.5. The molecule has 24 heavy (non-hydrogen) atoms. The Kier molecular flexibility index (Phi) is 7.79. The highest BCUT2D eigenvalue weighted by Gasteiger charge is 2.22. The van der Waals surface area contributed by atoms with Gasteiger partial charge in [-0.1, -0.05) is 18.6 Å². The molecule has 1 saturated heterocycles. The molecule has 0 aliphatic carbocycles. The molecule has 0 radical (unpaired) electrons. The molecule has 1 aliphatic rings. The Morgan fingerprint density at radius 3 is 2.71 bits per heavy atom. The molecule has 0 aromatic heterocycles. The molecular formula is C19H31N3OS. The number of rotatable bonds is 7. The van der Waals surface area contributed by atoms with Gasteiger partial charge in [-0.15, -0.1) is 0 Å². The molecule has 1 aromatic rings. The third kappa shape index (κ3) is 5.95. The Bertz CT molecular complexity index is 506. The van der Waals surface area contributed by atoms with Crippen molar-refractivity contribution in [2.24, 2.45) is 0 Å². The summed E-state index contributed by atoms with van der Waals surface area (Å²) in [4.78, 5) is 2.59. The van der Waals surface area contributed by atoms with Gasteiger partial charge in [0.15, 0.2) is 5.11 Å². The van der Waals surface area contributed by atoms with Crippen LogP contribution >= 0.6 is 12.2 Å². The van der Waals surface area contributed by atoms with Crippen LogP contribution in [-0.4, -0.2) is 48.8 Å². The average Bonchev–Trinajstić information content (AvgIpc) is 2.60. The lowest BCUT2D eigenvalue weighted by molar-refractivity contribution is 0.116. The molecule has 2 unspecified atom stereocenters. The molecule has 2 atom stereocenters. The first-order chi connectivity index (χ1) is 11.6. The van der Waals surface area contributed by atoms with Gasteiger partial charge in [0.25, 0.3) is 0 Å². The van der Waals surface area contributed by atoms with Gasteiger partial charge in [0, 0.05) is 25.2 Å². The molecule has 134 valence electrons. The molecule has 4 nitrogen and oxygen atoms in total. The first-order valence-electron chi connectivity index (χ1n) is 9.00. The number of hydrogen-bond acceptors (Lipinski definition) is 3. The Balaban J connectivity index is 1.63. The van der Waals surface area contributed by atoms with Gasteiger partial charge < -0.3 is 15.4 Å². The first kappa shape index (κ1) is 19.0. The van der Waals surface area contributed by atoms with Crippen molar-refractivity contribution >= 4 is 17.3 Å². The fourth-order valence-corrected chi connectivity index (χ4v) is 3.49. The molecule has 0 amide bonds. The molecule has 1 heterocycles. The van der Waals surface area contributed by atoms with Crippen LogP contribution in [0.2, 0.25) is 0 Å². The quantitative estimate of drug-likeness (QED) is 0.740. The van der Waals surface area contributed by atoms with Gasteiger partial charge in [-0.3, -0.25) is 4.90 Å². The highest BCUT2D eigenvalue weighted by atomic mass is 32.1. The summed E-state index contributed by atoms with van der Waals surface area (Å²) in [6, 6.07) is 9.38. The first-order valence-corrected chi connectivity index (χ1v) is 9.41. The second-order valence-electron chi connectivity index (χ2n) is 6.67. The van der Waals surface area contributed by atoms with E-state index >= 15 is 0 Å². The van der Waals surface area contributed by atoms with E-state index in [2.05, 4.69) is 41.5 Å². The van der Waals surface area contributed by atoms with E-state index in [1.807, 2.05) is 12.1 Å². The molecule has 1 aromatic carbocycles. The topological polar surface area (TPSA) is 36.5 Å². The van der Waals surface area contributed by atoms with Crippen molar-refractivity contribution in [3.63, 3.8) is 0 Å². The highest BCUT2D eigenvalue weighted by Crippen LogP contribution is 2.18. The number of nitrogens with one attached hydrogen (secondary N) is 2. The van der Waals surface area contributed by atoms with Crippen LogP contribution < -0.4 is 15.4 Å². The van der Waals surface area contributed by atoms with Gasteiger partial charge in [0.05, 0.1) is 7.11 Å². The summed E-state index contributed by atoms with van der Waals surface area (Å²) >= 11 is 5.40. The van der Waals surface area contributed by atoms with E-state index < -0.39 is 0 Å². The van der Waals surface area contributed by atoms with Crippen LogP contribution in [0.1, 0.15) is 38.7 Å². The van der Waals surface area contributed by atoms with Crippen molar-refractivity contribution < 1.29 is 4.74 Å². The third-order valence-corrected chi connectivity index (χ3v) is 5.13. The van der Waals surface area contributed by atoms with Crippen molar-refractivity contribution in [1.82, 2.24) is 15.5 Å². The van der Waals surface area contributed by atoms with E-state index in [4.69, 9.17) is 17.0 Å². The zero-order valence-corrected chi connectivity index (χ0v) is 16.0. The summed E-state index contributed by atoms with van der Waals surface area (Å²) in [5.74, 6) is 0.893. The summed E-state index contributed by atoms with van der Waals surface area (Å²) in [6.07, 6.45) is 4.95. The van der Waals surface area contributed by atoms with E-state index in [-0.39, 0.29) is 0 Å². The van der Waals surface area contributed by atoms with E-state index in [1.54, 1.807) is 7.11 Å². The summed E-state index contributed by atoms with van der Waals surface area (Å²) in [6.45, 7) is 7.57. The lowest BCUT2D eigenvalue weighted by atomic mass is 10.0. The number of piperidine rings is 1. The number of ether oxygens (including phenoxy) is 1. The smallest absolute Gasteiger partial charge is 0.166 e. The van der Waals surface area contributed by atoms with Crippen LogP contribution in [0.3, 0.4) is 0 Å². The van der Waals surface area contributed by atoms with Gasteiger partial charge in [0.2, 0.25) is 0 Å². The van der Waals surface area contributed by atoms with Gasteiger partial charge in [0.1, 0.15) is 5.75 Å². The summed E-state index contributed by atoms with van der Waals surface area (Å²) in [5.41, 5.74) is 1.28. The van der Waals surface area contributed by atoms with Crippen molar-refractivity contribution in [1.29, 1.82) is 0 Å². The van der Waals surface area contributed by atoms with Crippen LogP contribution in [-0.2, 0) is 6.42 Å². The maximum Gasteiger partial charge on any atom is 0.166 e.